The maximum Gasteiger partial charge on any atom is 0.209 e. The van der Waals surface area contributed by atoms with Gasteiger partial charge in [0.25, 0.3) is 0 Å². The number of H-pyrrole nitrogens is 1. The van der Waals surface area contributed by atoms with Gasteiger partial charge in [-0.15, -0.1) is 6.58 Å². The molecule has 0 unspecified atom stereocenters. The van der Waals surface area contributed by atoms with E-state index < -0.39 is 0 Å². The van der Waals surface area contributed by atoms with Gasteiger partial charge in [-0.2, -0.15) is 0 Å². The summed E-state index contributed by atoms with van der Waals surface area (Å²) in [4.78, 5) is 15.7. The number of amides is 1. The second-order valence-corrected chi connectivity index (χ2v) is 4.00. The topological polar surface area (TPSA) is 36.1 Å². The van der Waals surface area contributed by atoms with Crippen LogP contribution in [0.1, 0.15) is 5.56 Å². The summed E-state index contributed by atoms with van der Waals surface area (Å²) in [6.45, 7) is 4.96. The Morgan fingerprint density at radius 3 is 2.94 bits per heavy atom. The standard InChI is InChI=1S/C14H16N2O/c1-2-8-16(11-17)9-7-12-10-15-14-6-4-3-5-13(12)14/h2-6,10-11,15H,1,7-9H2. The van der Waals surface area contributed by atoms with Crippen LogP contribution in [-0.2, 0) is 11.2 Å². The van der Waals surface area contributed by atoms with E-state index >= 15 is 0 Å². The van der Waals surface area contributed by atoms with Crippen LogP contribution in [0.3, 0.4) is 0 Å². The summed E-state index contributed by atoms with van der Waals surface area (Å²) in [6.07, 6.45) is 5.48. The monoisotopic (exact) mass is 228 g/mol. The first-order valence-electron chi connectivity index (χ1n) is 5.70. The third-order valence-electron chi connectivity index (χ3n) is 2.86. The van der Waals surface area contributed by atoms with Crippen LogP contribution >= 0.6 is 0 Å². The number of aromatic amines is 1. The highest BCUT2D eigenvalue weighted by Gasteiger charge is 2.04. The Labute approximate surface area is 101 Å². The van der Waals surface area contributed by atoms with Gasteiger partial charge in [-0.05, 0) is 18.1 Å². The molecule has 0 aliphatic carbocycles. The molecular formula is C14H16N2O. The molecule has 0 radical (unpaired) electrons. The zero-order valence-electron chi connectivity index (χ0n) is 9.73. The highest BCUT2D eigenvalue weighted by atomic mass is 16.1. The van der Waals surface area contributed by atoms with E-state index in [4.69, 9.17) is 0 Å². The average Bonchev–Trinajstić information content (AvgIpc) is 2.78. The quantitative estimate of drug-likeness (QED) is 0.598. The van der Waals surface area contributed by atoms with Gasteiger partial charge in [0.2, 0.25) is 6.41 Å². The van der Waals surface area contributed by atoms with Crippen LogP contribution in [-0.4, -0.2) is 29.4 Å². The van der Waals surface area contributed by atoms with E-state index in [1.807, 2.05) is 18.3 Å². The van der Waals surface area contributed by atoms with E-state index in [1.54, 1.807) is 11.0 Å². The summed E-state index contributed by atoms with van der Waals surface area (Å²) in [7, 11) is 0. The van der Waals surface area contributed by atoms with Crippen LogP contribution in [0.2, 0.25) is 0 Å². The molecule has 0 spiro atoms. The number of nitrogens with zero attached hydrogens (tertiary/aromatic N) is 1. The first-order valence-corrected chi connectivity index (χ1v) is 5.70. The fourth-order valence-electron chi connectivity index (χ4n) is 1.96. The molecule has 0 aliphatic heterocycles. The Hall–Kier alpha value is -2.03. The van der Waals surface area contributed by atoms with Crippen LogP contribution < -0.4 is 0 Å². The first kappa shape index (κ1) is 11.5. The Bertz CT molecular complexity index is 516. The van der Waals surface area contributed by atoms with Gasteiger partial charge < -0.3 is 9.88 Å². The van der Waals surface area contributed by atoms with Crippen molar-refractivity contribution in [1.29, 1.82) is 0 Å². The summed E-state index contributed by atoms with van der Waals surface area (Å²) in [5, 5.41) is 1.23. The lowest BCUT2D eigenvalue weighted by Gasteiger charge is -2.14. The lowest BCUT2D eigenvalue weighted by atomic mass is 10.1. The number of carbonyl (C=O) groups excluding carboxylic acids is 1. The number of para-hydroxylation sites is 1. The van der Waals surface area contributed by atoms with Crippen molar-refractivity contribution in [3.8, 4) is 0 Å². The van der Waals surface area contributed by atoms with Crippen molar-refractivity contribution in [2.45, 2.75) is 6.42 Å². The van der Waals surface area contributed by atoms with Crippen molar-refractivity contribution in [3.05, 3.63) is 48.7 Å². The smallest absolute Gasteiger partial charge is 0.209 e. The maximum absolute atomic E-state index is 10.8. The molecule has 88 valence electrons. The van der Waals surface area contributed by atoms with Crippen LogP contribution in [0, 0.1) is 0 Å². The van der Waals surface area contributed by atoms with E-state index in [2.05, 4.69) is 23.7 Å². The molecule has 1 N–H and O–H groups in total. The average molecular weight is 228 g/mol. The van der Waals surface area contributed by atoms with Gasteiger partial charge in [-0.3, -0.25) is 4.79 Å². The fourth-order valence-corrected chi connectivity index (χ4v) is 1.96. The van der Waals surface area contributed by atoms with Crippen LogP contribution in [0.15, 0.2) is 43.1 Å². The molecule has 1 aromatic carbocycles. The summed E-state index contributed by atoms with van der Waals surface area (Å²) in [5.74, 6) is 0. The molecule has 1 amide bonds. The lowest BCUT2D eigenvalue weighted by Crippen LogP contribution is -2.24. The Balaban J connectivity index is 2.08. The molecule has 2 aromatic rings. The van der Waals surface area contributed by atoms with Crippen molar-refractivity contribution < 1.29 is 4.79 Å². The minimum absolute atomic E-state index is 0.603. The number of rotatable bonds is 6. The molecule has 3 nitrogen and oxygen atoms in total. The summed E-state index contributed by atoms with van der Waals surface area (Å²) in [5.41, 5.74) is 2.39. The minimum Gasteiger partial charge on any atom is -0.361 e. The van der Waals surface area contributed by atoms with Gasteiger partial charge in [0.05, 0.1) is 0 Å². The molecular weight excluding hydrogens is 212 g/mol. The number of aromatic nitrogens is 1. The van der Waals surface area contributed by atoms with E-state index in [-0.39, 0.29) is 0 Å². The second-order valence-electron chi connectivity index (χ2n) is 4.00. The van der Waals surface area contributed by atoms with E-state index in [0.29, 0.717) is 6.54 Å². The van der Waals surface area contributed by atoms with Gasteiger partial charge in [0.1, 0.15) is 0 Å². The molecule has 0 aliphatic rings. The Morgan fingerprint density at radius 2 is 2.18 bits per heavy atom. The molecule has 0 fully saturated rings. The summed E-state index contributed by atoms with van der Waals surface area (Å²) < 4.78 is 0. The lowest BCUT2D eigenvalue weighted by molar-refractivity contribution is -0.117. The highest BCUT2D eigenvalue weighted by Crippen LogP contribution is 2.18. The van der Waals surface area contributed by atoms with Gasteiger partial charge in [-0.25, -0.2) is 0 Å². The second kappa shape index (κ2) is 5.34. The molecule has 1 heterocycles. The number of fused-ring (bicyclic) bond motifs is 1. The number of nitrogens with one attached hydrogen (secondary N) is 1. The maximum atomic E-state index is 10.8. The van der Waals surface area contributed by atoms with Gasteiger partial charge in [0.15, 0.2) is 0 Å². The number of hydrogen-bond acceptors (Lipinski definition) is 1. The number of hydrogen-bond donors (Lipinski definition) is 1. The van der Waals surface area contributed by atoms with E-state index in [9.17, 15) is 4.79 Å². The summed E-state index contributed by atoms with van der Waals surface area (Å²) in [6, 6.07) is 8.19. The number of carbonyl (C=O) groups is 1. The van der Waals surface area contributed by atoms with Crippen molar-refractivity contribution in [2.24, 2.45) is 0 Å². The van der Waals surface area contributed by atoms with Crippen molar-refractivity contribution >= 4 is 17.3 Å². The van der Waals surface area contributed by atoms with Crippen molar-refractivity contribution in [2.75, 3.05) is 13.1 Å². The zero-order chi connectivity index (χ0) is 12.1. The van der Waals surface area contributed by atoms with E-state index in [1.165, 1.54) is 10.9 Å². The van der Waals surface area contributed by atoms with Gasteiger partial charge in [0, 0.05) is 30.2 Å². The predicted molar refractivity (Wildman–Crippen MR) is 69.8 cm³/mol. The highest BCUT2D eigenvalue weighted by molar-refractivity contribution is 5.83. The normalized spacial score (nSPS) is 10.4. The van der Waals surface area contributed by atoms with Crippen LogP contribution in [0.25, 0.3) is 10.9 Å². The van der Waals surface area contributed by atoms with Gasteiger partial charge >= 0.3 is 0 Å². The largest absolute Gasteiger partial charge is 0.361 e. The van der Waals surface area contributed by atoms with Crippen molar-refractivity contribution in [1.82, 2.24) is 9.88 Å². The third kappa shape index (κ3) is 2.56. The summed E-state index contributed by atoms with van der Waals surface area (Å²) >= 11 is 0. The molecule has 0 saturated heterocycles. The van der Waals surface area contributed by atoms with Crippen molar-refractivity contribution in [3.63, 3.8) is 0 Å². The third-order valence-corrected chi connectivity index (χ3v) is 2.86. The van der Waals surface area contributed by atoms with E-state index in [0.717, 1.165) is 24.9 Å². The first-order chi connectivity index (χ1) is 8.35. The Morgan fingerprint density at radius 1 is 1.35 bits per heavy atom. The zero-order valence-corrected chi connectivity index (χ0v) is 9.73. The molecule has 1 aromatic heterocycles. The molecule has 0 bridgehead atoms. The molecule has 17 heavy (non-hydrogen) atoms. The minimum atomic E-state index is 0.603. The molecule has 0 saturated carbocycles. The number of benzene rings is 1. The molecule has 3 heteroatoms. The molecule has 0 atom stereocenters. The van der Waals surface area contributed by atoms with Gasteiger partial charge in [-0.1, -0.05) is 24.3 Å². The van der Waals surface area contributed by atoms with Crippen LogP contribution in [0.5, 0.6) is 0 Å². The Kier molecular flexibility index (Phi) is 3.60. The van der Waals surface area contributed by atoms with Crippen LogP contribution in [0.4, 0.5) is 0 Å². The fraction of sp³-hybridized carbons (Fsp3) is 0.214. The predicted octanol–water partition coefficient (Wildman–Crippen LogP) is 2.35. The SMILES string of the molecule is C=CCN(C=O)CCc1c[nH]c2ccccc12. The molecule has 2 rings (SSSR count).